The fraction of sp³-hybridized carbons (Fsp3) is 0.208. The summed E-state index contributed by atoms with van der Waals surface area (Å²) in [7, 11) is 3.87. The Kier molecular flexibility index (Phi) is 7.85. The second-order valence-corrected chi connectivity index (χ2v) is 7.54. The number of aromatic nitrogens is 2. The minimum absolute atomic E-state index is 0.148. The van der Waals surface area contributed by atoms with Gasteiger partial charge < -0.3 is 20.3 Å². The first-order valence-corrected chi connectivity index (χ1v) is 10.3. The molecule has 0 aliphatic rings. The van der Waals surface area contributed by atoms with Gasteiger partial charge in [-0.05, 0) is 50.0 Å². The van der Waals surface area contributed by atoms with Crippen LogP contribution in [0.2, 0.25) is 0 Å². The number of carbonyl (C=O) groups is 1. The molecule has 7 nitrogen and oxygen atoms in total. The van der Waals surface area contributed by atoms with Crippen LogP contribution in [0.4, 0.5) is 24.8 Å². The molecule has 2 N–H and O–H groups in total. The molecule has 0 atom stereocenters. The minimum atomic E-state index is -4.44. The van der Waals surface area contributed by atoms with Gasteiger partial charge in [-0.1, -0.05) is 24.8 Å². The highest BCUT2D eigenvalue weighted by molar-refractivity contribution is 5.98. The standard InChI is InChI=1S/C24H24F3N5O2/c1-4-21(33)30-18-6-5-7-19(14-18)34-22-20(15-29-23(31-22)28-12-13-32(2)3)16-8-10-17(11-9-16)24(25,26)27/h4-11,14-15H,1,12-13H2,2-3H3,(H,30,33)(H,28,29,31). The third-order valence-electron chi connectivity index (χ3n) is 4.62. The number of ether oxygens (including phenoxy) is 1. The molecule has 0 saturated heterocycles. The van der Waals surface area contributed by atoms with Crippen LogP contribution in [0.3, 0.4) is 0 Å². The van der Waals surface area contributed by atoms with Crippen molar-refractivity contribution >= 4 is 17.5 Å². The van der Waals surface area contributed by atoms with Crippen molar-refractivity contribution in [1.82, 2.24) is 14.9 Å². The topological polar surface area (TPSA) is 79.4 Å². The number of amides is 1. The summed E-state index contributed by atoms with van der Waals surface area (Å²) in [6.07, 6.45) is -1.80. The molecule has 0 fully saturated rings. The van der Waals surface area contributed by atoms with Gasteiger partial charge in [0.25, 0.3) is 0 Å². The first-order chi connectivity index (χ1) is 16.2. The summed E-state index contributed by atoms with van der Waals surface area (Å²) in [5.74, 6) is 0.447. The van der Waals surface area contributed by atoms with E-state index in [4.69, 9.17) is 4.74 Å². The van der Waals surface area contributed by atoms with Crippen LogP contribution < -0.4 is 15.4 Å². The van der Waals surface area contributed by atoms with Crippen molar-refractivity contribution in [2.24, 2.45) is 0 Å². The molecule has 0 saturated carbocycles. The molecule has 34 heavy (non-hydrogen) atoms. The molecule has 3 rings (SSSR count). The lowest BCUT2D eigenvalue weighted by Gasteiger charge is -2.15. The van der Waals surface area contributed by atoms with Gasteiger partial charge in [0.2, 0.25) is 17.7 Å². The van der Waals surface area contributed by atoms with E-state index in [1.165, 1.54) is 18.3 Å². The number of carbonyl (C=O) groups excluding carboxylic acids is 1. The molecule has 1 heterocycles. The molecule has 0 radical (unpaired) electrons. The van der Waals surface area contributed by atoms with Gasteiger partial charge in [-0.2, -0.15) is 18.2 Å². The summed E-state index contributed by atoms with van der Waals surface area (Å²) < 4.78 is 44.9. The first kappa shape index (κ1) is 24.7. The number of hydrogen-bond acceptors (Lipinski definition) is 6. The molecule has 0 spiro atoms. The molecule has 10 heteroatoms. The van der Waals surface area contributed by atoms with Crippen molar-refractivity contribution in [3.63, 3.8) is 0 Å². The quantitative estimate of drug-likeness (QED) is 0.425. The van der Waals surface area contributed by atoms with Gasteiger partial charge in [-0.3, -0.25) is 4.79 Å². The zero-order chi connectivity index (χ0) is 24.7. The number of hydrogen-bond donors (Lipinski definition) is 2. The number of rotatable bonds is 9. The Morgan fingerprint density at radius 3 is 2.56 bits per heavy atom. The van der Waals surface area contributed by atoms with Gasteiger partial charge in [-0.15, -0.1) is 0 Å². The predicted octanol–water partition coefficient (Wildman–Crippen LogP) is 5.05. The zero-order valence-electron chi connectivity index (χ0n) is 18.7. The molecular formula is C24H24F3N5O2. The fourth-order valence-electron chi connectivity index (χ4n) is 2.90. The molecular weight excluding hydrogens is 447 g/mol. The molecule has 1 amide bonds. The summed E-state index contributed by atoms with van der Waals surface area (Å²) in [6.45, 7) is 4.74. The summed E-state index contributed by atoms with van der Waals surface area (Å²) in [5, 5.41) is 5.74. The van der Waals surface area contributed by atoms with Crippen molar-refractivity contribution in [2.75, 3.05) is 37.8 Å². The van der Waals surface area contributed by atoms with E-state index in [1.807, 2.05) is 19.0 Å². The monoisotopic (exact) mass is 471 g/mol. The van der Waals surface area contributed by atoms with Crippen LogP contribution in [0.25, 0.3) is 11.1 Å². The lowest BCUT2D eigenvalue weighted by atomic mass is 10.1. The van der Waals surface area contributed by atoms with Crippen LogP contribution in [0.15, 0.2) is 67.4 Å². The Labute approximate surface area is 195 Å². The maximum Gasteiger partial charge on any atom is 0.416 e. The minimum Gasteiger partial charge on any atom is -0.438 e. The summed E-state index contributed by atoms with van der Waals surface area (Å²) in [4.78, 5) is 22.3. The lowest BCUT2D eigenvalue weighted by Crippen LogP contribution is -2.21. The average Bonchev–Trinajstić information content (AvgIpc) is 2.79. The summed E-state index contributed by atoms with van der Waals surface area (Å²) in [5.41, 5.74) is 0.593. The SMILES string of the molecule is C=CC(=O)Nc1cccc(Oc2nc(NCCN(C)C)ncc2-c2ccc(C(F)(F)F)cc2)c1. The number of benzene rings is 2. The molecule has 0 aliphatic heterocycles. The predicted molar refractivity (Wildman–Crippen MR) is 125 cm³/mol. The van der Waals surface area contributed by atoms with E-state index in [2.05, 4.69) is 27.2 Å². The van der Waals surface area contributed by atoms with E-state index in [9.17, 15) is 18.0 Å². The van der Waals surface area contributed by atoms with Crippen LogP contribution >= 0.6 is 0 Å². The van der Waals surface area contributed by atoms with E-state index in [1.54, 1.807) is 24.3 Å². The Morgan fingerprint density at radius 1 is 1.18 bits per heavy atom. The molecule has 178 valence electrons. The van der Waals surface area contributed by atoms with Crippen molar-refractivity contribution in [3.8, 4) is 22.8 Å². The molecule has 0 unspecified atom stereocenters. The number of nitrogens with one attached hydrogen (secondary N) is 2. The number of alkyl halides is 3. The smallest absolute Gasteiger partial charge is 0.416 e. The highest BCUT2D eigenvalue weighted by atomic mass is 19.4. The van der Waals surface area contributed by atoms with Crippen molar-refractivity contribution in [2.45, 2.75) is 6.18 Å². The van der Waals surface area contributed by atoms with E-state index in [0.717, 1.165) is 24.8 Å². The van der Waals surface area contributed by atoms with E-state index in [0.29, 0.717) is 35.1 Å². The van der Waals surface area contributed by atoms with Gasteiger partial charge in [0.1, 0.15) is 5.75 Å². The summed E-state index contributed by atoms with van der Waals surface area (Å²) >= 11 is 0. The summed E-state index contributed by atoms with van der Waals surface area (Å²) in [6, 6.07) is 11.3. The second-order valence-electron chi connectivity index (χ2n) is 7.54. The number of nitrogens with zero attached hydrogens (tertiary/aromatic N) is 3. The molecule has 0 aliphatic carbocycles. The maximum atomic E-state index is 13.0. The molecule has 0 bridgehead atoms. The van der Waals surface area contributed by atoms with Crippen LogP contribution in [-0.2, 0) is 11.0 Å². The Morgan fingerprint density at radius 2 is 1.91 bits per heavy atom. The van der Waals surface area contributed by atoms with Crippen LogP contribution in [0.1, 0.15) is 5.56 Å². The van der Waals surface area contributed by atoms with Crippen molar-refractivity contribution < 1.29 is 22.7 Å². The Hall–Kier alpha value is -3.92. The van der Waals surface area contributed by atoms with Crippen LogP contribution in [0, 0.1) is 0 Å². The van der Waals surface area contributed by atoms with Crippen LogP contribution in [0.5, 0.6) is 11.6 Å². The molecule has 1 aromatic heterocycles. The Bertz CT molecular complexity index is 1150. The third-order valence-corrected chi connectivity index (χ3v) is 4.62. The van der Waals surface area contributed by atoms with Gasteiger partial charge >= 0.3 is 6.18 Å². The van der Waals surface area contributed by atoms with E-state index in [-0.39, 0.29) is 11.8 Å². The van der Waals surface area contributed by atoms with Crippen molar-refractivity contribution in [1.29, 1.82) is 0 Å². The van der Waals surface area contributed by atoms with E-state index >= 15 is 0 Å². The maximum absolute atomic E-state index is 13.0. The zero-order valence-corrected chi connectivity index (χ0v) is 18.7. The Balaban J connectivity index is 1.94. The number of likely N-dealkylation sites (N-methyl/N-ethyl adjacent to an activating group) is 1. The lowest BCUT2D eigenvalue weighted by molar-refractivity contribution is -0.137. The largest absolute Gasteiger partial charge is 0.438 e. The van der Waals surface area contributed by atoms with Gasteiger partial charge in [0.05, 0.1) is 11.1 Å². The number of halogens is 3. The van der Waals surface area contributed by atoms with Gasteiger partial charge in [0.15, 0.2) is 0 Å². The molecule has 2 aromatic carbocycles. The van der Waals surface area contributed by atoms with Crippen LogP contribution in [-0.4, -0.2) is 48.0 Å². The van der Waals surface area contributed by atoms with Crippen molar-refractivity contribution in [3.05, 3.63) is 72.9 Å². The normalized spacial score (nSPS) is 11.2. The van der Waals surface area contributed by atoms with Gasteiger partial charge in [0, 0.05) is 31.0 Å². The molecule has 3 aromatic rings. The third kappa shape index (κ3) is 6.79. The number of anilines is 2. The highest BCUT2D eigenvalue weighted by Crippen LogP contribution is 2.35. The average molecular weight is 471 g/mol. The van der Waals surface area contributed by atoms with E-state index < -0.39 is 11.7 Å². The fourth-order valence-corrected chi connectivity index (χ4v) is 2.90. The first-order valence-electron chi connectivity index (χ1n) is 10.3. The highest BCUT2D eigenvalue weighted by Gasteiger charge is 2.30. The second kappa shape index (κ2) is 10.8. The van der Waals surface area contributed by atoms with Gasteiger partial charge in [-0.25, -0.2) is 4.98 Å².